The van der Waals surface area contributed by atoms with Crippen molar-refractivity contribution >= 4 is 29.9 Å². The van der Waals surface area contributed by atoms with E-state index < -0.39 is 5.54 Å². The number of amides is 1. The summed E-state index contributed by atoms with van der Waals surface area (Å²) < 4.78 is 0. The number of thiazole rings is 1. The van der Waals surface area contributed by atoms with Gasteiger partial charge in [0.1, 0.15) is 5.01 Å². The number of hydrogen-bond acceptors (Lipinski definition) is 4. The van der Waals surface area contributed by atoms with Crippen molar-refractivity contribution < 1.29 is 4.79 Å². The average Bonchev–Trinajstić information content (AvgIpc) is 2.83. The second-order valence-corrected chi connectivity index (χ2v) is 5.87. The van der Waals surface area contributed by atoms with Gasteiger partial charge < -0.3 is 5.32 Å². The summed E-state index contributed by atoms with van der Waals surface area (Å²) in [4.78, 5) is 17.2. The zero-order chi connectivity index (χ0) is 13.2. The number of nitrogens with one attached hydrogen (secondary N) is 1. The highest BCUT2D eigenvalue weighted by atomic mass is 32.1. The first-order valence-electron chi connectivity index (χ1n) is 5.50. The van der Waals surface area contributed by atoms with Gasteiger partial charge in [0.25, 0.3) is 5.91 Å². The maximum Gasteiger partial charge on any atom is 0.252 e. The van der Waals surface area contributed by atoms with Crippen LogP contribution in [0.25, 0.3) is 0 Å². The van der Waals surface area contributed by atoms with Crippen molar-refractivity contribution in [2.45, 2.75) is 24.3 Å². The molecular formula is C13H14N2OS2. The van der Waals surface area contributed by atoms with Gasteiger partial charge in [0.2, 0.25) is 0 Å². The van der Waals surface area contributed by atoms with Gasteiger partial charge >= 0.3 is 0 Å². The van der Waals surface area contributed by atoms with Crippen molar-refractivity contribution in [1.29, 1.82) is 0 Å². The maximum absolute atomic E-state index is 12.1. The minimum Gasteiger partial charge on any atom is -0.341 e. The molecule has 0 aliphatic carbocycles. The lowest BCUT2D eigenvalue weighted by Crippen LogP contribution is -2.40. The van der Waals surface area contributed by atoms with Gasteiger partial charge in [-0.25, -0.2) is 4.98 Å². The lowest BCUT2D eigenvalue weighted by molar-refractivity contribution is 0.0912. The topological polar surface area (TPSA) is 42.0 Å². The molecule has 0 spiro atoms. The molecule has 0 saturated carbocycles. The Bertz CT molecular complexity index is 533. The van der Waals surface area contributed by atoms with E-state index in [1.54, 1.807) is 30.5 Å². The third-order valence-electron chi connectivity index (χ3n) is 2.52. The van der Waals surface area contributed by atoms with Crippen LogP contribution in [0.3, 0.4) is 0 Å². The number of benzene rings is 1. The number of nitrogens with zero attached hydrogens (tertiary/aromatic N) is 1. The maximum atomic E-state index is 12.1. The quantitative estimate of drug-likeness (QED) is 0.847. The molecule has 0 unspecified atom stereocenters. The molecule has 1 aromatic heterocycles. The largest absolute Gasteiger partial charge is 0.341 e. The van der Waals surface area contributed by atoms with E-state index in [2.05, 4.69) is 22.9 Å². The first-order valence-corrected chi connectivity index (χ1v) is 6.83. The van der Waals surface area contributed by atoms with E-state index >= 15 is 0 Å². The summed E-state index contributed by atoms with van der Waals surface area (Å²) >= 11 is 5.73. The summed E-state index contributed by atoms with van der Waals surface area (Å²) in [6.07, 6.45) is 1.74. The first-order chi connectivity index (χ1) is 8.49. The van der Waals surface area contributed by atoms with Crippen LogP contribution in [-0.2, 0) is 5.54 Å². The van der Waals surface area contributed by atoms with E-state index in [-0.39, 0.29) is 5.91 Å². The predicted molar refractivity (Wildman–Crippen MR) is 76.3 cm³/mol. The first kappa shape index (κ1) is 13.1. The molecule has 5 heteroatoms. The second kappa shape index (κ2) is 5.12. The van der Waals surface area contributed by atoms with Gasteiger partial charge in [0.05, 0.1) is 5.54 Å². The van der Waals surface area contributed by atoms with Gasteiger partial charge in [-0.05, 0) is 38.1 Å². The molecule has 0 atom stereocenters. The second-order valence-electron chi connectivity index (χ2n) is 4.46. The van der Waals surface area contributed by atoms with Gasteiger partial charge in [-0.3, -0.25) is 4.79 Å². The van der Waals surface area contributed by atoms with Crippen molar-refractivity contribution in [3.63, 3.8) is 0 Å². The van der Waals surface area contributed by atoms with E-state index in [4.69, 9.17) is 0 Å². The normalized spacial score (nSPS) is 11.3. The molecule has 1 N–H and O–H groups in total. The van der Waals surface area contributed by atoms with Crippen LogP contribution in [0.1, 0.15) is 29.2 Å². The minimum atomic E-state index is -0.467. The van der Waals surface area contributed by atoms with Crippen LogP contribution < -0.4 is 5.32 Å². The van der Waals surface area contributed by atoms with E-state index in [0.29, 0.717) is 5.56 Å². The average molecular weight is 278 g/mol. The van der Waals surface area contributed by atoms with Crippen LogP contribution in [0.15, 0.2) is 40.7 Å². The van der Waals surface area contributed by atoms with Crippen LogP contribution in [-0.4, -0.2) is 10.9 Å². The Morgan fingerprint density at radius 3 is 2.56 bits per heavy atom. The molecule has 0 fully saturated rings. The Kier molecular flexibility index (Phi) is 3.73. The molecule has 0 aliphatic rings. The predicted octanol–water partition coefficient (Wildman–Crippen LogP) is 3.10. The van der Waals surface area contributed by atoms with Gasteiger partial charge in [0.15, 0.2) is 0 Å². The van der Waals surface area contributed by atoms with Crippen molar-refractivity contribution in [2.75, 3.05) is 0 Å². The van der Waals surface area contributed by atoms with Crippen molar-refractivity contribution in [1.82, 2.24) is 10.3 Å². The Morgan fingerprint density at radius 2 is 2.00 bits per heavy atom. The zero-order valence-electron chi connectivity index (χ0n) is 10.2. The third-order valence-corrected chi connectivity index (χ3v) is 3.92. The van der Waals surface area contributed by atoms with Crippen molar-refractivity contribution in [3.8, 4) is 0 Å². The molecule has 1 heterocycles. The number of hydrogen-bond donors (Lipinski definition) is 2. The number of carbonyl (C=O) groups excluding carboxylic acids is 1. The molecule has 0 aliphatic heterocycles. The molecule has 1 aromatic carbocycles. The molecule has 0 radical (unpaired) electrons. The molecule has 94 valence electrons. The SMILES string of the molecule is CC(C)(NC(=O)c1ccc(S)cc1)c1nccs1. The van der Waals surface area contributed by atoms with E-state index in [1.807, 2.05) is 19.2 Å². The standard InChI is InChI=1S/C13H14N2OS2/c1-13(2,12-14-7-8-18-12)15-11(16)9-3-5-10(17)6-4-9/h3-8,17H,1-2H3,(H,15,16). The Morgan fingerprint density at radius 1 is 1.33 bits per heavy atom. The molecule has 3 nitrogen and oxygen atoms in total. The Balaban J connectivity index is 2.14. The van der Waals surface area contributed by atoms with Crippen LogP contribution in [0.5, 0.6) is 0 Å². The summed E-state index contributed by atoms with van der Waals surface area (Å²) in [5, 5.41) is 5.77. The van der Waals surface area contributed by atoms with Crippen LogP contribution in [0.2, 0.25) is 0 Å². The lowest BCUT2D eigenvalue weighted by atomic mass is 10.1. The highest BCUT2D eigenvalue weighted by Gasteiger charge is 2.25. The monoisotopic (exact) mass is 278 g/mol. The fraction of sp³-hybridized carbons (Fsp3) is 0.231. The summed E-state index contributed by atoms with van der Waals surface area (Å²) in [5.41, 5.74) is 0.155. The summed E-state index contributed by atoms with van der Waals surface area (Å²) in [6, 6.07) is 7.12. The molecule has 1 amide bonds. The fourth-order valence-corrected chi connectivity index (χ4v) is 2.42. The van der Waals surface area contributed by atoms with E-state index in [1.165, 1.54) is 11.3 Å². The Labute approximate surface area is 116 Å². The molecule has 2 rings (SSSR count). The molecule has 0 bridgehead atoms. The van der Waals surface area contributed by atoms with E-state index in [9.17, 15) is 4.79 Å². The summed E-state index contributed by atoms with van der Waals surface area (Å²) in [7, 11) is 0. The van der Waals surface area contributed by atoms with Gasteiger partial charge in [-0.15, -0.1) is 24.0 Å². The number of rotatable bonds is 3. The highest BCUT2D eigenvalue weighted by molar-refractivity contribution is 7.80. The molecule has 0 saturated heterocycles. The van der Waals surface area contributed by atoms with Gasteiger partial charge in [0, 0.05) is 22.0 Å². The number of aromatic nitrogens is 1. The number of thiol groups is 1. The third kappa shape index (κ3) is 2.91. The minimum absolute atomic E-state index is 0.108. The Hall–Kier alpha value is -1.33. The molecule has 18 heavy (non-hydrogen) atoms. The smallest absolute Gasteiger partial charge is 0.252 e. The van der Waals surface area contributed by atoms with Gasteiger partial charge in [-0.2, -0.15) is 0 Å². The lowest BCUT2D eigenvalue weighted by Gasteiger charge is -2.23. The van der Waals surface area contributed by atoms with Crippen LogP contribution >= 0.6 is 24.0 Å². The summed E-state index contributed by atoms with van der Waals surface area (Å²) in [6.45, 7) is 3.88. The molecule has 2 aromatic rings. The number of carbonyl (C=O) groups is 1. The van der Waals surface area contributed by atoms with E-state index in [0.717, 1.165) is 9.90 Å². The van der Waals surface area contributed by atoms with Crippen LogP contribution in [0.4, 0.5) is 0 Å². The zero-order valence-corrected chi connectivity index (χ0v) is 11.9. The molecular weight excluding hydrogens is 264 g/mol. The fourth-order valence-electron chi connectivity index (χ4n) is 1.55. The van der Waals surface area contributed by atoms with Crippen LogP contribution in [0, 0.1) is 0 Å². The van der Waals surface area contributed by atoms with Crippen molar-refractivity contribution in [2.24, 2.45) is 0 Å². The summed E-state index contributed by atoms with van der Waals surface area (Å²) in [5.74, 6) is -0.108. The van der Waals surface area contributed by atoms with Gasteiger partial charge in [-0.1, -0.05) is 0 Å². The van der Waals surface area contributed by atoms with Crippen molar-refractivity contribution in [3.05, 3.63) is 46.4 Å². The highest BCUT2D eigenvalue weighted by Crippen LogP contribution is 2.22.